The topological polar surface area (TPSA) is 89.2 Å². The molecule has 0 unspecified atom stereocenters. The summed E-state index contributed by atoms with van der Waals surface area (Å²) in [5, 5.41) is 15.1. The average Bonchev–Trinajstić information content (AvgIpc) is 3.43. The molecule has 3 heterocycles. The molecule has 154 valence electrons. The van der Waals surface area contributed by atoms with Crippen molar-refractivity contribution in [1.82, 2.24) is 19.8 Å². The molecule has 0 aliphatic heterocycles. The van der Waals surface area contributed by atoms with Crippen molar-refractivity contribution in [3.05, 3.63) is 83.7 Å². The number of thiophene rings is 1. The lowest BCUT2D eigenvalue weighted by molar-refractivity contribution is 0.601. The van der Waals surface area contributed by atoms with Crippen LogP contribution in [0.25, 0.3) is 27.6 Å². The Labute approximate surface area is 183 Å². The molecule has 2 aromatic carbocycles. The van der Waals surface area contributed by atoms with Gasteiger partial charge in [-0.3, -0.25) is 4.72 Å². The largest absolute Gasteiger partial charge is 0.280 e. The number of sulfonamides is 1. The third kappa shape index (κ3) is 3.80. The molecule has 5 aromatic rings. The summed E-state index contributed by atoms with van der Waals surface area (Å²) in [5.41, 5.74) is 3.62. The van der Waals surface area contributed by atoms with Gasteiger partial charge in [-0.2, -0.15) is 9.61 Å². The second-order valence-corrected chi connectivity index (χ2v) is 9.62. The van der Waals surface area contributed by atoms with Crippen molar-refractivity contribution < 1.29 is 8.42 Å². The maximum absolute atomic E-state index is 12.6. The molecule has 9 heteroatoms. The summed E-state index contributed by atoms with van der Waals surface area (Å²) >= 11 is 1.57. The molecule has 5 rings (SSSR count). The maximum Gasteiger partial charge on any atom is 0.261 e. The van der Waals surface area contributed by atoms with Gasteiger partial charge in [0.25, 0.3) is 10.0 Å². The molecule has 1 N–H and O–H groups in total. The van der Waals surface area contributed by atoms with Crippen LogP contribution in [0.15, 0.2) is 83.1 Å². The van der Waals surface area contributed by atoms with Crippen LogP contribution in [0.4, 0.5) is 5.69 Å². The van der Waals surface area contributed by atoms with E-state index in [9.17, 15) is 8.42 Å². The molecule has 31 heavy (non-hydrogen) atoms. The van der Waals surface area contributed by atoms with Gasteiger partial charge in [-0.1, -0.05) is 30.3 Å². The van der Waals surface area contributed by atoms with Crippen LogP contribution < -0.4 is 4.72 Å². The van der Waals surface area contributed by atoms with Crippen molar-refractivity contribution in [2.24, 2.45) is 0 Å². The van der Waals surface area contributed by atoms with Crippen molar-refractivity contribution in [3.63, 3.8) is 0 Å². The van der Waals surface area contributed by atoms with E-state index in [0.717, 1.165) is 21.7 Å². The van der Waals surface area contributed by atoms with Gasteiger partial charge in [0.15, 0.2) is 11.5 Å². The summed E-state index contributed by atoms with van der Waals surface area (Å²) in [6, 6.07) is 21.6. The number of rotatable bonds is 5. The van der Waals surface area contributed by atoms with Crippen LogP contribution in [0.2, 0.25) is 0 Å². The first-order valence-electron chi connectivity index (χ1n) is 9.46. The van der Waals surface area contributed by atoms with E-state index >= 15 is 0 Å². The minimum Gasteiger partial charge on any atom is -0.280 e. The fourth-order valence-corrected chi connectivity index (χ4v) is 5.06. The first-order chi connectivity index (χ1) is 15.0. The van der Waals surface area contributed by atoms with E-state index in [0.29, 0.717) is 17.2 Å². The standard InChI is InChI=1S/C22H17N5O2S2/c1-15-4-2-5-18(14-15)31(28,29)26-17-9-7-16(8-10-17)19-11-12-21-23-24-22(27(21)25-19)20-6-3-13-30-20/h2-14,26H,1H3. The molecule has 0 aliphatic rings. The molecule has 0 bridgehead atoms. The molecule has 3 aromatic heterocycles. The van der Waals surface area contributed by atoms with Crippen molar-refractivity contribution in [1.29, 1.82) is 0 Å². The highest BCUT2D eigenvalue weighted by Crippen LogP contribution is 2.25. The Morgan fingerprint density at radius 2 is 1.77 bits per heavy atom. The number of nitrogens with zero attached hydrogens (tertiary/aromatic N) is 4. The van der Waals surface area contributed by atoms with Crippen LogP contribution in [0.5, 0.6) is 0 Å². The SMILES string of the molecule is Cc1cccc(S(=O)(=O)Nc2ccc(-c3ccc4nnc(-c5cccs5)n4n3)cc2)c1. The summed E-state index contributed by atoms with van der Waals surface area (Å²) in [7, 11) is -3.65. The Bertz CT molecular complexity index is 1470. The smallest absolute Gasteiger partial charge is 0.261 e. The molecule has 0 spiro atoms. The zero-order valence-corrected chi connectivity index (χ0v) is 18.1. The Kier molecular flexibility index (Phi) is 4.76. The van der Waals surface area contributed by atoms with Gasteiger partial charge in [0.05, 0.1) is 15.5 Å². The van der Waals surface area contributed by atoms with E-state index in [1.54, 1.807) is 46.2 Å². The second-order valence-electron chi connectivity index (χ2n) is 6.99. The Balaban J connectivity index is 1.44. The predicted octanol–water partition coefficient (Wildman–Crippen LogP) is 4.63. The zero-order chi connectivity index (χ0) is 21.4. The van der Waals surface area contributed by atoms with Gasteiger partial charge >= 0.3 is 0 Å². The Hall–Kier alpha value is -3.56. The normalized spacial score (nSPS) is 11.6. The van der Waals surface area contributed by atoms with Gasteiger partial charge in [-0.05, 0) is 60.3 Å². The fraction of sp³-hybridized carbons (Fsp3) is 0.0455. The van der Waals surface area contributed by atoms with Crippen LogP contribution >= 0.6 is 11.3 Å². The highest BCUT2D eigenvalue weighted by molar-refractivity contribution is 7.92. The van der Waals surface area contributed by atoms with Crippen LogP contribution in [-0.4, -0.2) is 28.2 Å². The molecular formula is C22H17N5O2S2. The van der Waals surface area contributed by atoms with Crippen molar-refractivity contribution >= 4 is 32.7 Å². The first-order valence-corrected chi connectivity index (χ1v) is 11.8. The average molecular weight is 448 g/mol. The molecule has 0 saturated heterocycles. The van der Waals surface area contributed by atoms with Crippen LogP contribution in [0.1, 0.15) is 5.56 Å². The van der Waals surface area contributed by atoms with Gasteiger partial charge in [-0.15, -0.1) is 21.5 Å². The second kappa shape index (κ2) is 7.60. The first kappa shape index (κ1) is 19.4. The van der Waals surface area contributed by atoms with E-state index in [1.807, 2.05) is 54.8 Å². The highest BCUT2D eigenvalue weighted by Gasteiger charge is 2.15. The molecular weight excluding hydrogens is 430 g/mol. The van der Waals surface area contributed by atoms with Gasteiger partial charge in [0.1, 0.15) is 0 Å². The van der Waals surface area contributed by atoms with Crippen molar-refractivity contribution in [2.75, 3.05) is 4.72 Å². The monoisotopic (exact) mass is 447 g/mol. The molecule has 0 saturated carbocycles. The number of aryl methyl sites for hydroxylation is 1. The zero-order valence-electron chi connectivity index (χ0n) is 16.4. The maximum atomic E-state index is 12.6. The summed E-state index contributed by atoms with van der Waals surface area (Å²) in [5.74, 6) is 0.689. The number of aromatic nitrogens is 4. The lowest BCUT2D eigenvalue weighted by Gasteiger charge is -2.09. The van der Waals surface area contributed by atoms with E-state index in [1.165, 1.54) is 0 Å². The fourth-order valence-electron chi connectivity index (χ4n) is 3.21. The van der Waals surface area contributed by atoms with E-state index in [4.69, 9.17) is 0 Å². The van der Waals surface area contributed by atoms with Crippen LogP contribution in [0.3, 0.4) is 0 Å². The van der Waals surface area contributed by atoms with Gasteiger partial charge in [-0.25, -0.2) is 8.42 Å². The number of nitrogens with one attached hydrogen (secondary N) is 1. The molecule has 0 aliphatic carbocycles. The minimum absolute atomic E-state index is 0.234. The third-order valence-corrected chi connectivity index (χ3v) is 6.98. The molecule has 7 nitrogen and oxygen atoms in total. The van der Waals surface area contributed by atoms with E-state index in [2.05, 4.69) is 20.0 Å². The Morgan fingerprint density at radius 3 is 2.52 bits per heavy atom. The summed E-state index contributed by atoms with van der Waals surface area (Å²) in [6.45, 7) is 1.86. The molecule has 0 radical (unpaired) electrons. The number of anilines is 1. The van der Waals surface area contributed by atoms with E-state index in [-0.39, 0.29) is 4.90 Å². The summed E-state index contributed by atoms with van der Waals surface area (Å²) in [6.07, 6.45) is 0. The minimum atomic E-state index is -3.65. The van der Waals surface area contributed by atoms with Gasteiger partial charge in [0.2, 0.25) is 0 Å². The van der Waals surface area contributed by atoms with Gasteiger partial charge in [0, 0.05) is 11.3 Å². The van der Waals surface area contributed by atoms with Gasteiger partial charge < -0.3 is 0 Å². The Morgan fingerprint density at radius 1 is 0.935 bits per heavy atom. The quantitative estimate of drug-likeness (QED) is 0.424. The number of benzene rings is 2. The van der Waals surface area contributed by atoms with Crippen molar-refractivity contribution in [3.8, 4) is 22.0 Å². The molecule has 0 amide bonds. The number of hydrogen-bond acceptors (Lipinski definition) is 6. The predicted molar refractivity (Wildman–Crippen MR) is 122 cm³/mol. The summed E-state index contributed by atoms with van der Waals surface area (Å²) in [4.78, 5) is 1.22. The lowest BCUT2D eigenvalue weighted by Crippen LogP contribution is -2.12. The lowest BCUT2D eigenvalue weighted by atomic mass is 10.1. The van der Waals surface area contributed by atoms with Crippen LogP contribution in [0, 0.1) is 6.92 Å². The molecule has 0 fully saturated rings. The summed E-state index contributed by atoms with van der Waals surface area (Å²) < 4.78 is 29.6. The third-order valence-electron chi connectivity index (χ3n) is 4.74. The van der Waals surface area contributed by atoms with Crippen LogP contribution in [-0.2, 0) is 10.0 Å². The highest BCUT2D eigenvalue weighted by atomic mass is 32.2. The van der Waals surface area contributed by atoms with Crippen molar-refractivity contribution in [2.45, 2.75) is 11.8 Å². The van der Waals surface area contributed by atoms with E-state index < -0.39 is 10.0 Å². The number of hydrogen-bond donors (Lipinski definition) is 1. The number of fused-ring (bicyclic) bond motifs is 1. The molecule has 0 atom stereocenters.